The van der Waals surface area contributed by atoms with Crippen LogP contribution in [0.25, 0.3) is 0 Å². The summed E-state index contributed by atoms with van der Waals surface area (Å²) in [4.78, 5) is 28.0. The van der Waals surface area contributed by atoms with Gasteiger partial charge in [0.2, 0.25) is 0 Å². The predicted octanol–water partition coefficient (Wildman–Crippen LogP) is -0.0926. The third-order valence-electron chi connectivity index (χ3n) is 4.53. The van der Waals surface area contributed by atoms with Crippen molar-refractivity contribution in [2.75, 3.05) is 32.8 Å². The van der Waals surface area contributed by atoms with Gasteiger partial charge in [0, 0.05) is 26.3 Å². The topological polar surface area (TPSA) is 82.9 Å². The number of piperazine rings is 1. The third-order valence-corrected chi connectivity index (χ3v) is 4.53. The van der Waals surface area contributed by atoms with Crippen molar-refractivity contribution in [1.29, 1.82) is 5.26 Å². The SMILES string of the molecule is N#CC1CN(C(=O)[C@H]2CCCO2)CCN1C(=O)[C@H]1CCCO1. The lowest BCUT2D eigenvalue weighted by molar-refractivity contribution is -0.151. The zero-order chi connectivity index (χ0) is 15.5. The van der Waals surface area contributed by atoms with E-state index in [-0.39, 0.29) is 24.5 Å². The largest absolute Gasteiger partial charge is 0.368 e. The maximum absolute atomic E-state index is 12.4. The Morgan fingerprint density at radius 1 is 1.00 bits per heavy atom. The zero-order valence-electron chi connectivity index (χ0n) is 12.6. The number of nitriles is 1. The van der Waals surface area contributed by atoms with Crippen LogP contribution in [0.1, 0.15) is 25.7 Å². The summed E-state index contributed by atoms with van der Waals surface area (Å²) in [5, 5.41) is 9.36. The molecule has 3 atom stereocenters. The molecule has 3 rings (SSSR count). The molecule has 2 amide bonds. The summed E-state index contributed by atoms with van der Waals surface area (Å²) < 4.78 is 10.8. The van der Waals surface area contributed by atoms with Gasteiger partial charge in [0.1, 0.15) is 18.2 Å². The van der Waals surface area contributed by atoms with Crippen LogP contribution in [0.15, 0.2) is 0 Å². The van der Waals surface area contributed by atoms with Crippen LogP contribution in [0.2, 0.25) is 0 Å². The number of hydrogen-bond donors (Lipinski definition) is 0. The van der Waals surface area contributed by atoms with E-state index in [0.29, 0.717) is 32.7 Å². The lowest BCUT2D eigenvalue weighted by Crippen LogP contribution is -2.59. The van der Waals surface area contributed by atoms with Crippen LogP contribution in [0.5, 0.6) is 0 Å². The molecule has 0 bridgehead atoms. The van der Waals surface area contributed by atoms with E-state index in [1.807, 2.05) is 0 Å². The molecule has 3 aliphatic rings. The second-order valence-corrected chi connectivity index (χ2v) is 5.96. The van der Waals surface area contributed by atoms with Gasteiger partial charge in [0.05, 0.1) is 12.6 Å². The van der Waals surface area contributed by atoms with E-state index >= 15 is 0 Å². The zero-order valence-corrected chi connectivity index (χ0v) is 12.6. The van der Waals surface area contributed by atoms with Gasteiger partial charge in [-0.25, -0.2) is 0 Å². The van der Waals surface area contributed by atoms with Gasteiger partial charge in [-0.2, -0.15) is 5.26 Å². The van der Waals surface area contributed by atoms with E-state index in [1.54, 1.807) is 9.80 Å². The minimum absolute atomic E-state index is 0.0537. The smallest absolute Gasteiger partial charge is 0.252 e. The van der Waals surface area contributed by atoms with Gasteiger partial charge < -0.3 is 19.3 Å². The highest BCUT2D eigenvalue weighted by Crippen LogP contribution is 2.21. The summed E-state index contributed by atoms with van der Waals surface area (Å²) in [7, 11) is 0. The monoisotopic (exact) mass is 307 g/mol. The van der Waals surface area contributed by atoms with Crippen LogP contribution in [0.4, 0.5) is 0 Å². The minimum Gasteiger partial charge on any atom is -0.368 e. The molecule has 0 aromatic rings. The van der Waals surface area contributed by atoms with Crippen molar-refractivity contribution in [3.63, 3.8) is 0 Å². The second kappa shape index (κ2) is 6.63. The van der Waals surface area contributed by atoms with Crippen molar-refractivity contribution in [2.24, 2.45) is 0 Å². The summed E-state index contributed by atoms with van der Waals surface area (Å²) in [6.45, 7) is 2.32. The van der Waals surface area contributed by atoms with Crippen molar-refractivity contribution in [2.45, 2.75) is 43.9 Å². The van der Waals surface area contributed by atoms with Crippen molar-refractivity contribution >= 4 is 11.8 Å². The number of rotatable bonds is 2. The molecule has 7 heteroatoms. The van der Waals surface area contributed by atoms with Crippen molar-refractivity contribution in [1.82, 2.24) is 9.80 Å². The van der Waals surface area contributed by atoms with E-state index in [1.165, 1.54) is 0 Å². The second-order valence-electron chi connectivity index (χ2n) is 5.96. The average Bonchev–Trinajstić information content (AvgIpc) is 3.25. The van der Waals surface area contributed by atoms with Gasteiger partial charge in [-0.15, -0.1) is 0 Å². The Bertz CT molecular complexity index is 478. The Morgan fingerprint density at radius 2 is 1.64 bits per heavy atom. The molecule has 3 heterocycles. The molecular formula is C15H21N3O4. The van der Waals surface area contributed by atoms with Crippen LogP contribution < -0.4 is 0 Å². The molecule has 0 aromatic carbocycles. The van der Waals surface area contributed by atoms with Crippen molar-refractivity contribution < 1.29 is 19.1 Å². The van der Waals surface area contributed by atoms with Gasteiger partial charge in [-0.05, 0) is 25.7 Å². The summed E-state index contributed by atoms with van der Waals surface area (Å²) in [5.41, 5.74) is 0. The fraction of sp³-hybridized carbons (Fsp3) is 0.800. The fourth-order valence-electron chi connectivity index (χ4n) is 3.29. The molecule has 3 saturated heterocycles. The van der Waals surface area contributed by atoms with E-state index in [9.17, 15) is 14.9 Å². The Hall–Kier alpha value is -1.65. The summed E-state index contributed by atoms with van der Waals surface area (Å²) >= 11 is 0. The molecule has 1 unspecified atom stereocenters. The molecule has 3 aliphatic heterocycles. The first-order valence-electron chi connectivity index (χ1n) is 7.93. The lowest BCUT2D eigenvalue weighted by atomic mass is 10.1. The van der Waals surface area contributed by atoms with Crippen LogP contribution in [0.3, 0.4) is 0 Å². The van der Waals surface area contributed by atoms with Crippen LogP contribution in [0, 0.1) is 11.3 Å². The number of hydrogen-bond acceptors (Lipinski definition) is 5. The molecule has 0 aliphatic carbocycles. The summed E-state index contributed by atoms with van der Waals surface area (Å²) in [6.07, 6.45) is 2.44. The highest BCUT2D eigenvalue weighted by atomic mass is 16.5. The van der Waals surface area contributed by atoms with Crippen molar-refractivity contribution in [3.8, 4) is 6.07 Å². The van der Waals surface area contributed by atoms with Gasteiger partial charge >= 0.3 is 0 Å². The molecule has 0 N–H and O–H groups in total. The maximum Gasteiger partial charge on any atom is 0.252 e. The third kappa shape index (κ3) is 2.94. The number of amides is 2. The first-order chi connectivity index (χ1) is 10.7. The Labute approximate surface area is 129 Å². The predicted molar refractivity (Wildman–Crippen MR) is 75.6 cm³/mol. The average molecular weight is 307 g/mol. The molecule has 0 aromatic heterocycles. The van der Waals surface area contributed by atoms with Gasteiger partial charge in [0.25, 0.3) is 11.8 Å². The molecule has 0 radical (unpaired) electrons. The van der Waals surface area contributed by atoms with Gasteiger partial charge in [-0.1, -0.05) is 0 Å². The van der Waals surface area contributed by atoms with E-state index in [2.05, 4.69) is 6.07 Å². The van der Waals surface area contributed by atoms with E-state index in [4.69, 9.17) is 9.47 Å². The maximum atomic E-state index is 12.4. The normalized spacial score (nSPS) is 32.0. The lowest BCUT2D eigenvalue weighted by Gasteiger charge is -2.39. The van der Waals surface area contributed by atoms with Gasteiger partial charge in [0.15, 0.2) is 0 Å². The Balaban J connectivity index is 1.62. The highest BCUT2D eigenvalue weighted by molar-refractivity contribution is 5.84. The molecule has 7 nitrogen and oxygen atoms in total. The Morgan fingerprint density at radius 3 is 2.18 bits per heavy atom. The molecule has 0 spiro atoms. The quantitative estimate of drug-likeness (QED) is 0.712. The van der Waals surface area contributed by atoms with Crippen LogP contribution in [-0.4, -0.2) is 72.7 Å². The van der Waals surface area contributed by atoms with Crippen LogP contribution >= 0.6 is 0 Å². The summed E-state index contributed by atoms with van der Waals surface area (Å²) in [6, 6.07) is 1.55. The molecule has 120 valence electrons. The first kappa shape index (κ1) is 15.3. The number of ether oxygens (including phenoxy) is 2. The van der Waals surface area contributed by atoms with Gasteiger partial charge in [-0.3, -0.25) is 9.59 Å². The number of carbonyl (C=O) groups is 2. The Kier molecular flexibility index (Phi) is 4.60. The van der Waals surface area contributed by atoms with E-state index < -0.39 is 12.1 Å². The fourth-order valence-corrected chi connectivity index (χ4v) is 3.29. The van der Waals surface area contributed by atoms with Crippen LogP contribution in [-0.2, 0) is 19.1 Å². The molecular weight excluding hydrogens is 286 g/mol. The summed E-state index contributed by atoms with van der Waals surface area (Å²) in [5.74, 6) is -0.171. The molecule has 3 fully saturated rings. The standard InChI is InChI=1S/C15H21N3O4/c16-9-11-10-17(14(19)12-3-1-7-21-12)5-6-18(11)15(20)13-4-2-8-22-13/h11-13H,1-8,10H2/t11?,12-,13-/m1/s1. The van der Waals surface area contributed by atoms with Crippen molar-refractivity contribution in [3.05, 3.63) is 0 Å². The number of nitrogens with zero attached hydrogens (tertiary/aromatic N) is 3. The molecule has 22 heavy (non-hydrogen) atoms. The van der Waals surface area contributed by atoms with E-state index in [0.717, 1.165) is 19.3 Å². The first-order valence-corrected chi connectivity index (χ1v) is 7.93. The number of carbonyl (C=O) groups excluding carboxylic acids is 2. The minimum atomic E-state index is -0.601. The highest BCUT2D eigenvalue weighted by Gasteiger charge is 2.38. The molecule has 0 saturated carbocycles.